The molecule has 3 heteroatoms. The van der Waals surface area contributed by atoms with Gasteiger partial charge in [0, 0.05) is 7.11 Å². The van der Waals surface area contributed by atoms with Crippen molar-refractivity contribution in [3.8, 4) is 0 Å². The Morgan fingerprint density at radius 1 is 1.32 bits per heavy atom. The van der Waals surface area contributed by atoms with E-state index in [1.165, 1.54) is 42.4 Å². The van der Waals surface area contributed by atoms with Gasteiger partial charge in [-0.2, -0.15) is 0 Å². The van der Waals surface area contributed by atoms with Gasteiger partial charge in [-0.25, -0.2) is 0 Å². The van der Waals surface area contributed by atoms with Crippen molar-refractivity contribution in [1.82, 2.24) is 5.32 Å². The average Bonchev–Trinajstić information content (AvgIpc) is 2.44. The highest BCUT2D eigenvalue weighted by atomic mass is 16.5. The van der Waals surface area contributed by atoms with Gasteiger partial charge in [0.15, 0.2) is 0 Å². The smallest absolute Gasteiger partial charge is 0.246 e. The van der Waals surface area contributed by atoms with Crippen molar-refractivity contribution in [2.75, 3.05) is 13.7 Å². The van der Waals surface area contributed by atoms with Crippen molar-refractivity contribution >= 4 is 5.91 Å². The number of carbonyl (C=O) groups excluding carboxylic acids is 1. The number of methoxy groups -OCH3 is 1. The fourth-order valence-corrected chi connectivity index (χ4v) is 2.76. The second-order valence-corrected chi connectivity index (χ2v) is 5.20. The zero-order valence-corrected chi connectivity index (χ0v) is 11.9. The van der Waals surface area contributed by atoms with Crippen LogP contribution in [0.4, 0.5) is 0 Å². The van der Waals surface area contributed by atoms with Gasteiger partial charge in [-0.1, -0.05) is 25.1 Å². The molecule has 0 heterocycles. The van der Waals surface area contributed by atoms with E-state index in [1.807, 2.05) is 0 Å². The molecule has 2 rings (SSSR count). The van der Waals surface area contributed by atoms with Crippen molar-refractivity contribution < 1.29 is 9.53 Å². The predicted molar refractivity (Wildman–Crippen MR) is 76.1 cm³/mol. The van der Waals surface area contributed by atoms with Crippen molar-refractivity contribution in [2.24, 2.45) is 0 Å². The second-order valence-electron chi connectivity index (χ2n) is 5.20. The largest absolute Gasteiger partial charge is 0.375 e. The zero-order chi connectivity index (χ0) is 13.7. The molecule has 104 valence electrons. The molecule has 3 nitrogen and oxygen atoms in total. The van der Waals surface area contributed by atoms with Crippen LogP contribution in [0.3, 0.4) is 0 Å². The van der Waals surface area contributed by atoms with E-state index in [0.717, 1.165) is 6.42 Å². The summed E-state index contributed by atoms with van der Waals surface area (Å²) in [6.45, 7) is 2.22. The molecule has 0 saturated carbocycles. The Bertz CT molecular complexity index is 442. The van der Waals surface area contributed by atoms with Gasteiger partial charge in [0.25, 0.3) is 0 Å². The Morgan fingerprint density at radius 2 is 2.05 bits per heavy atom. The first kappa shape index (κ1) is 14.1. The first-order valence-corrected chi connectivity index (χ1v) is 7.14. The predicted octanol–water partition coefficient (Wildman–Crippen LogP) is 2.78. The molecule has 0 bridgehead atoms. The normalized spacial score (nSPS) is 15.7. The lowest BCUT2D eigenvalue weighted by atomic mass is 9.89. The molecule has 0 spiro atoms. The summed E-state index contributed by atoms with van der Waals surface area (Å²) in [6.07, 6.45) is 5.85. The number of fused-ring (bicyclic) bond motifs is 1. The third kappa shape index (κ3) is 3.57. The van der Waals surface area contributed by atoms with Crippen LogP contribution in [0.1, 0.15) is 48.9 Å². The number of hydrogen-bond donors (Lipinski definition) is 1. The topological polar surface area (TPSA) is 38.3 Å². The third-order valence-electron chi connectivity index (χ3n) is 3.79. The summed E-state index contributed by atoms with van der Waals surface area (Å²) in [4.78, 5) is 11.6. The Hall–Kier alpha value is -1.35. The van der Waals surface area contributed by atoms with Crippen LogP contribution in [0, 0.1) is 0 Å². The number of aryl methyl sites for hydroxylation is 2. The fraction of sp³-hybridized carbons (Fsp3) is 0.562. The van der Waals surface area contributed by atoms with Gasteiger partial charge in [-0.3, -0.25) is 4.79 Å². The maximum atomic E-state index is 11.6. The van der Waals surface area contributed by atoms with E-state index in [4.69, 9.17) is 4.74 Å². The summed E-state index contributed by atoms with van der Waals surface area (Å²) >= 11 is 0. The zero-order valence-electron chi connectivity index (χ0n) is 11.9. The lowest BCUT2D eigenvalue weighted by Gasteiger charge is -2.21. The Labute approximate surface area is 115 Å². The minimum absolute atomic E-state index is 0.0490. The van der Waals surface area contributed by atoms with Gasteiger partial charge >= 0.3 is 0 Å². The van der Waals surface area contributed by atoms with Crippen LogP contribution in [0.5, 0.6) is 0 Å². The highest BCUT2D eigenvalue weighted by molar-refractivity contribution is 5.77. The Kier molecular flexibility index (Phi) is 4.97. The van der Waals surface area contributed by atoms with Crippen molar-refractivity contribution in [3.05, 3.63) is 34.9 Å². The molecule has 1 amide bonds. The summed E-state index contributed by atoms with van der Waals surface area (Å²) < 4.78 is 4.86. The quantitative estimate of drug-likeness (QED) is 0.885. The first-order valence-electron chi connectivity index (χ1n) is 7.14. The molecular weight excluding hydrogens is 238 g/mol. The monoisotopic (exact) mass is 261 g/mol. The van der Waals surface area contributed by atoms with Crippen LogP contribution in [-0.4, -0.2) is 19.6 Å². The van der Waals surface area contributed by atoms with E-state index >= 15 is 0 Å². The van der Waals surface area contributed by atoms with Gasteiger partial charge in [-0.15, -0.1) is 0 Å². The number of ether oxygens (including phenoxy) is 1. The number of hydrogen-bond acceptors (Lipinski definition) is 2. The lowest BCUT2D eigenvalue weighted by molar-refractivity contribution is -0.125. The van der Waals surface area contributed by atoms with Crippen LogP contribution in [0.25, 0.3) is 0 Å². The van der Waals surface area contributed by atoms with Gasteiger partial charge in [0.1, 0.15) is 6.61 Å². The fourth-order valence-electron chi connectivity index (χ4n) is 2.76. The van der Waals surface area contributed by atoms with Crippen LogP contribution in [-0.2, 0) is 22.4 Å². The summed E-state index contributed by atoms with van der Waals surface area (Å²) in [6, 6.07) is 6.76. The van der Waals surface area contributed by atoms with E-state index in [-0.39, 0.29) is 18.6 Å². The van der Waals surface area contributed by atoms with E-state index in [1.54, 1.807) is 7.11 Å². The highest BCUT2D eigenvalue weighted by Crippen LogP contribution is 2.25. The van der Waals surface area contributed by atoms with Gasteiger partial charge in [0.2, 0.25) is 5.91 Å². The maximum Gasteiger partial charge on any atom is 0.246 e. The van der Waals surface area contributed by atoms with Crippen LogP contribution in [0.2, 0.25) is 0 Å². The van der Waals surface area contributed by atoms with Crippen LogP contribution >= 0.6 is 0 Å². The van der Waals surface area contributed by atoms with E-state index in [0.29, 0.717) is 0 Å². The number of amides is 1. The van der Waals surface area contributed by atoms with Gasteiger partial charge in [0.05, 0.1) is 6.04 Å². The lowest BCUT2D eigenvalue weighted by Crippen LogP contribution is -2.31. The second kappa shape index (κ2) is 6.71. The van der Waals surface area contributed by atoms with Crippen molar-refractivity contribution in [3.63, 3.8) is 0 Å². The molecule has 1 aromatic carbocycles. The van der Waals surface area contributed by atoms with Crippen LogP contribution < -0.4 is 5.32 Å². The first-order chi connectivity index (χ1) is 9.24. The minimum atomic E-state index is -0.0490. The summed E-state index contributed by atoms with van der Waals surface area (Å²) in [5.74, 6) is -0.0490. The Balaban J connectivity index is 2.12. The molecular formula is C16H23NO2. The molecule has 19 heavy (non-hydrogen) atoms. The van der Waals surface area contributed by atoms with E-state index in [9.17, 15) is 4.79 Å². The number of nitrogens with one attached hydrogen (secondary N) is 1. The van der Waals surface area contributed by atoms with Crippen molar-refractivity contribution in [2.45, 2.75) is 45.1 Å². The molecule has 1 aromatic rings. The average molecular weight is 261 g/mol. The third-order valence-corrected chi connectivity index (χ3v) is 3.79. The van der Waals surface area contributed by atoms with E-state index < -0.39 is 0 Å². The highest BCUT2D eigenvalue weighted by Gasteiger charge is 2.15. The van der Waals surface area contributed by atoms with Crippen LogP contribution in [0.15, 0.2) is 18.2 Å². The standard InChI is InChI=1S/C16H23NO2/c1-3-15(17-16(18)11-19-2)14-9-8-12-6-4-5-7-13(12)10-14/h8-10,15H,3-7,11H2,1-2H3,(H,17,18)/t15-/m0/s1. The molecule has 0 radical (unpaired) electrons. The maximum absolute atomic E-state index is 11.6. The summed E-state index contributed by atoms with van der Waals surface area (Å²) in [5.41, 5.74) is 4.16. The molecule has 1 aliphatic rings. The SMILES string of the molecule is CC[C@H](NC(=O)COC)c1ccc2c(c1)CCCC2. The molecule has 1 atom stereocenters. The van der Waals surface area contributed by atoms with Crippen molar-refractivity contribution in [1.29, 1.82) is 0 Å². The summed E-state index contributed by atoms with van der Waals surface area (Å²) in [5, 5.41) is 3.03. The molecule has 1 N–H and O–H groups in total. The molecule has 0 saturated heterocycles. The number of carbonyl (C=O) groups is 1. The molecule has 0 unspecified atom stereocenters. The Morgan fingerprint density at radius 3 is 2.74 bits per heavy atom. The molecule has 0 aromatic heterocycles. The number of rotatable bonds is 5. The minimum Gasteiger partial charge on any atom is -0.375 e. The van der Waals surface area contributed by atoms with Gasteiger partial charge in [-0.05, 0) is 48.8 Å². The number of benzene rings is 1. The van der Waals surface area contributed by atoms with Gasteiger partial charge < -0.3 is 10.1 Å². The van der Waals surface area contributed by atoms with E-state index in [2.05, 4.69) is 30.4 Å². The molecule has 0 fully saturated rings. The molecule has 1 aliphatic carbocycles. The molecule has 0 aliphatic heterocycles. The summed E-state index contributed by atoms with van der Waals surface area (Å²) in [7, 11) is 1.54.